The van der Waals surface area contributed by atoms with Crippen LogP contribution in [-0.4, -0.2) is 48.2 Å². The first-order valence-corrected chi connectivity index (χ1v) is 5.98. The molecule has 0 aliphatic heterocycles. The summed E-state index contributed by atoms with van der Waals surface area (Å²) in [6, 6.07) is 6.91. The smallest absolute Gasteiger partial charge is 0.336 e. The standard InChI is InChI=1S/C14H16N2O3/c1-16(2)8-9-19-13-12-10(6-7-15-13)4-3-5-11(12)14(17)18/h3-7H,8-9H2,1-2H3,(H,17,18). The zero-order valence-corrected chi connectivity index (χ0v) is 11.0. The molecule has 19 heavy (non-hydrogen) atoms. The van der Waals surface area contributed by atoms with Crippen molar-refractivity contribution in [1.82, 2.24) is 9.88 Å². The van der Waals surface area contributed by atoms with E-state index in [1.165, 1.54) is 0 Å². The maximum atomic E-state index is 11.3. The van der Waals surface area contributed by atoms with Crippen molar-refractivity contribution >= 4 is 16.7 Å². The van der Waals surface area contributed by atoms with Gasteiger partial charge in [0.15, 0.2) is 0 Å². The van der Waals surface area contributed by atoms with E-state index in [1.807, 2.05) is 25.1 Å². The molecular weight excluding hydrogens is 244 g/mol. The Morgan fingerprint density at radius 1 is 1.37 bits per heavy atom. The highest BCUT2D eigenvalue weighted by Crippen LogP contribution is 2.26. The lowest BCUT2D eigenvalue weighted by Crippen LogP contribution is -2.19. The molecule has 0 bridgehead atoms. The van der Waals surface area contributed by atoms with Crippen molar-refractivity contribution in [3.63, 3.8) is 0 Å². The number of carboxylic acid groups (broad SMARTS) is 1. The van der Waals surface area contributed by atoms with Crippen molar-refractivity contribution in [2.75, 3.05) is 27.2 Å². The van der Waals surface area contributed by atoms with Crippen molar-refractivity contribution < 1.29 is 14.6 Å². The molecule has 0 aliphatic carbocycles. The number of fused-ring (bicyclic) bond motifs is 1. The zero-order chi connectivity index (χ0) is 13.8. The molecule has 1 heterocycles. The normalized spacial score (nSPS) is 10.9. The number of pyridine rings is 1. The highest BCUT2D eigenvalue weighted by atomic mass is 16.5. The summed E-state index contributed by atoms with van der Waals surface area (Å²) in [5.41, 5.74) is 0.213. The van der Waals surface area contributed by atoms with E-state index < -0.39 is 5.97 Å². The third-order valence-corrected chi connectivity index (χ3v) is 2.76. The minimum absolute atomic E-state index is 0.213. The van der Waals surface area contributed by atoms with Gasteiger partial charge in [0, 0.05) is 12.7 Å². The van der Waals surface area contributed by atoms with Gasteiger partial charge >= 0.3 is 5.97 Å². The lowest BCUT2D eigenvalue weighted by molar-refractivity contribution is 0.0698. The predicted octanol–water partition coefficient (Wildman–Crippen LogP) is 1.87. The average Bonchev–Trinajstić information content (AvgIpc) is 2.37. The van der Waals surface area contributed by atoms with Gasteiger partial charge in [0.25, 0.3) is 0 Å². The fraction of sp³-hybridized carbons (Fsp3) is 0.286. The molecule has 0 saturated carbocycles. The van der Waals surface area contributed by atoms with E-state index in [-0.39, 0.29) is 5.56 Å². The second-order valence-corrected chi connectivity index (χ2v) is 4.48. The molecular formula is C14H16N2O3. The lowest BCUT2D eigenvalue weighted by atomic mass is 10.1. The van der Waals surface area contributed by atoms with Crippen LogP contribution in [0.15, 0.2) is 30.5 Å². The van der Waals surface area contributed by atoms with Gasteiger partial charge in [-0.1, -0.05) is 12.1 Å². The van der Waals surface area contributed by atoms with Gasteiger partial charge in [-0.3, -0.25) is 0 Å². The van der Waals surface area contributed by atoms with Gasteiger partial charge in [0.05, 0.1) is 10.9 Å². The van der Waals surface area contributed by atoms with Crippen LogP contribution in [0.3, 0.4) is 0 Å². The second kappa shape index (κ2) is 5.67. The maximum Gasteiger partial charge on any atom is 0.336 e. The highest BCUT2D eigenvalue weighted by molar-refractivity contribution is 6.05. The fourth-order valence-electron chi connectivity index (χ4n) is 1.81. The molecule has 1 aromatic heterocycles. The van der Waals surface area contributed by atoms with Crippen LogP contribution in [0.25, 0.3) is 10.8 Å². The van der Waals surface area contributed by atoms with Crippen molar-refractivity contribution in [1.29, 1.82) is 0 Å². The SMILES string of the molecule is CN(C)CCOc1nccc2cccc(C(=O)O)c12. The fourth-order valence-corrected chi connectivity index (χ4v) is 1.81. The number of benzene rings is 1. The number of carbonyl (C=O) groups is 1. The Labute approximate surface area is 111 Å². The molecule has 2 rings (SSSR count). The second-order valence-electron chi connectivity index (χ2n) is 4.48. The summed E-state index contributed by atoms with van der Waals surface area (Å²) in [6.07, 6.45) is 1.62. The topological polar surface area (TPSA) is 62.7 Å². The van der Waals surface area contributed by atoms with E-state index >= 15 is 0 Å². The first kappa shape index (κ1) is 13.3. The molecule has 0 fully saturated rings. The summed E-state index contributed by atoms with van der Waals surface area (Å²) in [4.78, 5) is 17.4. The number of hydrogen-bond acceptors (Lipinski definition) is 4. The van der Waals surface area contributed by atoms with Crippen LogP contribution in [0.1, 0.15) is 10.4 Å². The Morgan fingerprint density at radius 2 is 2.16 bits per heavy atom. The average molecular weight is 260 g/mol. The van der Waals surface area contributed by atoms with Crippen LogP contribution < -0.4 is 4.74 Å². The molecule has 0 radical (unpaired) electrons. The molecule has 0 spiro atoms. The van der Waals surface area contributed by atoms with E-state index in [0.717, 1.165) is 11.9 Å². The molecule has 2 aromatic rings. The quantitative estimate of drug-likeness (QED) is 0.889. The molecule has 0 aliphatic rings. The third kappa shape index (κ3) is 3.00. The molecule has 0 saturated heterocycles. The van der Waals surface area contributed by atoms with E-state index in [1.54, 1.807) is 24.4 Å². The van der Waals surface area contributed by atoms with Gasteiger partial charge in [-0.05, 0) is 31.6 Å². The first-order chi connectivity index (χ1) is 9.09. The molecule has 1 N–H and O–H groups in total. The van der Waals surface area contributed by atoms with Gasteiger partial charge in [0.1, 0.15) is 6.61 Å². The molecule has 0 unspecified atom stereocenters. The molecule has 0 amide bonds. The molecule has 5 heteroatoms. The largest absolute Gasteiger partial charge is 0.478 e. The Bertz CT molecular complexity index is 591. The molecule has 0 atom stereocenters. The highest BCUT2D eigenvalue weighted by Gasteiger charge is 2.13. The minimum atomic E-state index is -0.976. The summed E-state index contributed by atoms with van der Waals surface area (Å²) < 4.78 is 5.60. The van der Waals surface area contributed by atoms with Gasteiger partial charge in [-0.25, -0.2) is 9.78 Å². The summed E-state index contributed by atoms with van der Waals surface area (Å²) in [5.74, 6) is -0.603. The number of ether oxygens (including phenoxy) is 1. The van der Waals surface area contributed by atoms with E-state index in [9.17, 15) is 9.90 Å². The van der Waals surface area contributed by atoms with Crippen LogP contribution in [0.4, 0.5) is 0 Å². The van der Waals surface area contributed by atoms with Gasteiger partial charge in [-0.2, -0.15) is 0 Å². The van der Waals surface area contributed by atoms with Gasteiger partial charge < -0.3 is 14.7 Å². The maximum absolute atomic E-state index is 11.3. The Balaban J connectivity index is 2.40. The van der Waals surface area contributed by atoms with Gasteiger partial charge in [-0.15, -0.1) is 0 Å². The number of likely N-dealkylation sites (N-methyl/N-ethyl adjacent to an activating group) is 1. The summed E-state index contributed by atoms with van der Waals surface area (Å²) in [5, 5.41) is 10.6. The van der Waals surface area contributed by atoms with Crippen LogP contribution in [0.5, 0.6) is 5.88 Å². The predicted molar refractivity (Wildman–Crippen MR) is 72.8 cm³/mol. The van der Waals surface area contributed by atoms with Crippen molar-refractivity contribution in [2.45, 2.75) is 0 Å². The first-order valence-electron chi connectivity index (χ1n) is 5.98. The van der Waals surface area contributed by atoms with Crippen LogP contribution in [-0.2, 0) is 0 Å². The zero-order valence-electron chi connectivity index (χ0n) is 11.0. The number of nitrogens with zero attached hydrogens (tertiary/aromatic N) is 2. The van der Waals surface area contributed by atoms with Crippen molar-refractivity contribution in [2.24, 2.45) is 0 Å². The Hall–Kier alpha value is -2.14. The number of aromatic nitrogens is 1. The number of carboxylic acids is 1. The van der Waals surface area contributed by atoms with Gasteiger partial charge in [0.2, 0.25) is 5.88 Å². The Kier molecular flexibility index (Phi) is 3.97. The van der Waals surface area contributed by atoms with Crippen LogP contribution in [0, 0.1) is 0 Å². The Morgan fingerprint density at radius 3 is 2.84 bits per heavy atom. The summed E-state index contributed by atoms with van der Waals surface area (Å²) in [6.45, 7) is 1.21. The van der Waals surface area contributed by atoms with E-state index in [2.05, 4.69) is 4.98 Å². The molecule has 5 nitrogen and oxygen atoms in total. The van der Waals surface area contributed by atoms with E-state index in [0.29, 0.717) is 17.9 Å². The third-order valence-electron chi connectivity index (χ3n) is 2.76. The summed E-state index contributed by atoms with van der Waals surface area (Å²) in [7, 11) is 3.89. The molecule has 100 valence electrons. The van der Waals surface area contributed by atoms with Crippen LogP contribution >= 0.6 is 0 Å². The molecule has 1 aromatic carbocycles. The van der Waals surface area contributed by atoms with Crippen molar-refractivity contribution in [3.8, 4) is 5.88 Å². The summed E-state index contributed by atoms with van der Waals surface area (Å²) >= 11 is 0. The van der Waals surface area contributed by atoms with Crippen LogP contribution in [0.2, 0.25) is 0 Å². The van der Waals surface area contributed by atoms with Crippen molar-refractivity contribution in [3.05, 3.63) is 36.0 Å². The number of aromatic carboxylic acids is 1. The minimum Gasteiger partial charge on any atom is -0.478 e. The number of hydrogen-bond donors (Lipinski definition) is 1. The monoisotopic (exact) mass is 260 g/mol. The number of rotatable bonds is 5. The lowest BCUT2D eigenvalue weighted by Gasteiger charge is -2.12. The van der Waals surface area contributed by atoms with E-state index in [4.69, 9.17) is 4.74 Å².